The average molecular weight is 241 g/mol. The van der Waals surface area contributed by atoms with E-state index in [1.165, 1.54) is 0 Å². The third-order valence-corrected chi connectivity index (χ3v) is 3.00. The topological polar surface area (TPSA) is 26.3 Å². The monoisotopic (exact) mass is 240 g/mol. The number of aryl methyl sites for hydroxylation is 1. The number of ether oxygens (including phenoxy) is 1. The molecule has 1 rings (SSSR count). The number of hydrogen-bond donors (Lipinski definition) is 0. The van der Waals surface area contributed by atoms with Gasteiger partial charge in [-0.15, -0.1) is 11.6 Å². The maximum Gasteiger partial charge on any atom is 0.310 e. The predicted octanol–water partition coefficient (Wildman–Crippen LogP) is 3.15. The molecule has 0 heterocycles. The largest absolute Gasteiger partial charge is 0.466 e. The molecule has 3 heteroatoms. The number of hydrogen-bond acceptors (Lipinski definition) is 2. The van der Waals surface area contributed by atoms with E-state index in [1.54, 1.807) is 0 Å². The normalized spacial score (nSPS) is 10.2. The van der Waals surface area contributed by atoms with Gasteiger partial charge in [-0.25, -0.2) is 0 Å². The molecule has 0 aliphatic carbocycles. The van der Waals surface area contributed by atoms with E-state index in [9.17, 15) is 4.79 Å². The van der Waals surface area contributed by atoms with Gasteiger partial charge in [-0.3, -0.25) is 4.79 Å². The van der Waals surface area contributed by atoms with Crippen molar-refractivity contribution in [1.29, 1.82) is 0 Å². The lowest BCUT2D eigenvalue weighted by molar-refractivity contribution is -0.142. The Morgan fingerprint density at radius 1 is 1.38 bits per heavy atom. The van der Waals surface area contributed by atoms with Crippen molar-refractivity contribution in [2.45, 2.75) is 33.1 Å². The van der Waals surface area contributed by atoms with Crippen molar-refractivity contribution in [3.05, 3.63) is 34.4 Å². The number of carbonyl (C=O) groups excluding carboxylic acids is 1. The van der Waals surface area contributed by atoms with E-state index in [4.69, 9.17) is 16.3 Å². The van der Waals surface area contributed by atoms with Crippen LogP contribution in [0, 0.1) is 13.8 Å². The third kappa shape index (κ3) is 2.99. The first-order valence-electron chi connectivity index (χ1n) is 5.39. The van der Waals surface area contributed by atoms with Crippen LogP contribution >= 0.6 is 11.6 Å². The minimum atomic E-state index is -0.180. The van der Waals surface area contributed by atoms with Crippen LogP contribution in [-0.4, -0.2) is 12.6 Å². The van der Waals surface area contributed by atoms with Crippen molar-refractivity contribution in [3.63, 3.8) is 0 Å². The van der Waals surface area contributed by atoms with Gasteiger partial charge in [0.1, 0.15) is 0 Å². The van der Waals surface area contributed by atoms with E-state index in [1.807, 2.05) is 32.9 Å². The Hall–Kier alpha value is -1.02. The molecular formula is C13H17ClO2. The molecule has 0 radical (unpaired) electrons. The fourth-order valence-corrected chi connectivity index (χ4v) is 2.00. The van der Waals surface area contributed by atoms with Gasteiger partial charge in [-0.1, -0.05) is 12.1 Å². The van der Waals surface area contributed by atoms with Crippen LogP contribution in [-0.2, 0) is 21.8 Å². The summed E-state index contributed by atoms with van der Waals surface area (Å²) in [6.07, 6.45) is 0.330. The number of benzene rings is 1. The van der Waals surface area contributed by atoms with Crippen LogP contribution in [0.3, 0.4) is 0 Å². The van der Waals surface area contributed by atoms with Gasteiger partial charge in [0.25, 0.3) is 0 Å². The quantitative estimate of drug-likeness (QED) is 0.597. The molecule has 88 valence electrons. The molecule has 1 aromatic rings. The van der Waals surface area contributed by atoms with Crippen LogP contribution in [0.25, 0.3) is 0 Å². The highest BCUT2D eigenvalue weighted by molar-refractivity contribution is 6.17. The van der Waals surface area contributed by atoms with Crippen LogP contribution in [0.2, 0.25) is 0 Å². The molecular weight excluding hydrogens is 224 g/mol. The van der Waals surface area contributed by atoms with Gasteiger partial charge in [-0.05, 0) is 43.0 Å². The standard InChI is InChI=1S/C13H17ClO2/c1-4-16-13(15)7-12-9(2)5-6-11(8-14)10(12)3/h5-6H,4,7-8H2,1-3H3. The fourth-order valence-electron chi connectivity index (χ4n) is 1.71. The number of esters is 1. The summed E-state index contributed by atoms with van der Waals surface area (Å²) in [5.74, 6) is 0.294. The van der Waals surface area contributed by atoms with E-state index in [0.717, 1.165) is 22.3 Å². The average Bonchev–Trinajstić information content (AvgIpc) is 2.25. The molecule has 0 atom stereocenters. The molecule has 0 aliphatic heterocycles. The summed E-state index contributed by atoms with van der Waals surface area (Å²) in [6, 6.07) is 4.01. The van der Waals surface area contributed by atoms with E-state index in [-0.39, 0.29) is 5.97 Å². The third-order valence-electron chi connectivity index (χ3n) is 2.72. The van der Waals surface area contributed by atoms with E-state index >= 15 is 0 Å². The summed E-state index contributed by atoms with van der Waals surface area (Å²) in [5, 5.41) is 0. The van der Waals surface area contributed by atoms with E-state index in [0.29, 0.717) is 18.9 Å². The van der Waals surface area contributed by atoms with Crippen LogP contribution in [0.4, 0.5) is 0 Å². The first-order valence-corrected chi connectivity index (χ1v) is 5.93. The van der Waals surface area contributed by atoms with Crippen molar-refractivity contribution in [2.24, 2.45) is 0 Å². The zero-order chi connectivity index (χ0) is 12.1. The predicted molar refractivity (Wildman–Crippen MR) is 65.8 cm³/mol. The molecule has 0 fully saturated rings. The highest BCUT2D eigenvalue weighted by Gasteiger charge is 2.11. The minimum Gasteiger partial charge on any atom is -0.466 e. The summed E-state index contributed by atoms with van der Waals surface area (Å²) in [7, 11) is 0. The number of alkyl halides is 1. The lowest BCUT2D eigenvalue weighted by Gasteiger charge is -2.12. The lowest BCUT2D eigenvalue weighted by Crippen LogP contribution is -2.10. The van der Waals surface area contributed by atoms with Gasteiger partial charge >= 0.3 is 5.97 Å². The van der Waals surface area contributed by atoms with Gasteiger partial charge in [0.15, 0.2) is 0 Å². The van der Waals surface area contributed by atoms with Gasteiger partial charge in [0.2, 0.25) is 0 Å². The Morgan fingerprint density at radius 2 is 2.06 bits per heavy atom. The van der Waals surface area contributed by atoms with Crippen molar-refractivity contribution in [3.8, 4) is 0 Å². The second-order valence-electron chi connectivity index (χ2n) is 3.76. The van der Waals surface area contributed by atoms with Gasteiger partial charge < -0.3 is 4.74 Å². The molecule has 16 heavy (non-hydrogen) atoms. The summed E-state index contributed by atoms with van der Waals surface area (Å²) < 4.78 is 4.96. The fraction of sp³-hybridized carbons (Fsp3) is 0.462. The van der Waals surface area contributed by atoms with Crippen molar-refractivity contribution < 1.29 is 9.53 Å². The van der Waals surface area contributed by atoms with E-state index < -0.39 is 0 Å². The zero-order valence-corrected chi connectivity index (χ0v) is 10.7. The summed E-state index contributed by atoms with van der Waals surface area (Å²) in [4.78, 5) is 11.5. The Bertz CT molecular complexity index is 386. The van der Waals surface area contributed by atoms with Gasteiger partial charge in [-0.2, -0.15) is 0 Å². The molecule has 0 bridgehead atoms. The maximum absolute atomic E-state index is 11.5. The first kappa shape index (κ1) is 13.0. The summed E-state index contributed by atoms with van der Waals surface area (Å²) in [6.45, 7) is 6.23. The Morgan fingerprint density at radius 3 is 2.62 bits per heavy atom. The van der Waals surface area contributed by atoms with Gasteiger partial charge in [0.05, 0.1) is 13.0 Å². The Kier molecular flexibility index (Phi) is 4.81. The molecule has 0 unspecified atom stereocenters. The molecule has 0 N–H and O–H groups in total. The molecule has 0 spiro atoms. The number of halogens is 1. The summed E-state index contributed by atoms with van der Waals surface area (Å²) in [5.41, 5.74) is 4.32. The number of carbonyl (C=O) groups is 1. The molecule has 0 aromatic heterocycles. The minimum absolute atomic E-state index is 0.180. The molecule has 0 amide bonds. The molecule has 2 nitrogen and oxygen atoms in total. The second kappa shape index (κ2) is 5.90. The summed E-state index contributed by atoms with van der Waals surface area (Å²) >= 11 is 5.84. The van der Waals surface area contributed by atoms with Crippen LogP contribution in [0.5, 0.6) is 0 Å². The van der Waals surface area contributed by atoms with Crippen molar-refractivity contribution >= 4 is 17.6 Å². The van der Waals surface area contributed by atoms with Crippen molar-refractivity contribution in [2.75, 3.05) is 6.61 Å². The zero-order valence-electron chi connectivity index (χ0n) is 9.97. The van der Waals surface area contributed by atoms with Crippen LogP contribution in [0.15, 0.2) is 12.1 Å². The molecule has 0 saturated carbocycles. The van der Waals surface area contributed by atoms with Crippen LogP contribution < -0.4 is 0 Å². The van der Waals surface area contributed by atoms with Crippen molar-refractivity contribution in [1.82, 2.24) is 0 Å². The second-order valence-corrected chi connectivity index (χ2v) is 4.03. The lowest BCUT2D eigenvalue weighted by atomic mass is 9.96. The first-order chi connectivity index (χ1) is 7.60. The molecule has 0 aliphatic rings. The highest BCUT2D eigenvalue weighted by atomic mass is 35.5. The SMILES string of the molecule is CCOC(=O)Cc1c(C)ccc(CCl)c1C. The Labute approximate surface area is 102 Å². The maximum atomic E-state index is 11.5. The van der Waals surface area contributed by atoms with Gasteiger partial charge in [0, 0.05) is 5.88 Å². The molecule has 0 saturated heterocycles. The smallest absolute Gasteiger partial charge is 0.310 e. The van der Waals surface area contributed by atoms with E-state index in [2.05, 4.69) is 0 Å². The van der Waals surface area contributed by atoms with Crippen LogP contribution in [0.1, 0.15) is 29.2 Å². The Balaban J connectivity index is 2.98. The highest BCUT2D eigenvalue weighted by Crippen LogP contribution is 2.20. The number of rotatable bonds is 4. The molecule has 1 aromatic carbocycles.